The second-order valence-electron chi connectivity index (χ2n) is 7.29. The Morgan fingerprint density at radius 3 is 2.88 bits per heavy atom. The SMILES string of the molecule is O=C(N[C@@H]1C[C@H]2CC[C@@H]1N2)c1ccc2occ(N3CCOCC3)c2c1. The molecule has 1 amide bonds. The lowest BCUT2D eigenvalue weighted by Crippen LogP contribution is -2.42. The van der Waals surface area contributed by atoms with Crippen LogP contribution in [0.5, 0.6) is 0 Å². The number of hydrogen-bond donors (Lipinski definition) is 2. The maximum atomic E-state index is 12.7. The fourth-order valence-corrected chi connectivity index (χ4v) is 4.44. The molecule has 2 aromatic rings. The lowest BCUT2D eigenvalue weighted by molar-refractivity contribution is 0.0931. The number of carbonyl (C=O) groups excluding carboxylic acids is 1. The first-order valence-electron chi connectivity index (χ1n) is 9.19. The van der Waals surface area contributed by atoms with Gasteiger partial charge < -0.3 is 24.7 Å². The van der Waals surface area contributed by atoms with E-state index in [1.807, 2.05) is 18.2 Å². The number of nitrogens with zero attached hydrogens (tertiary/aromatic N) is 1. The predicted octanol–water partition coefficient (Wildman–Crippen LogP) is 1.89. The van der Waals surface area contributed by atoms with Crippen LogP contribution in [-0.4, -0.2) is 50.3 Å². The minimum Gasteiger partial charge on any atom is -0.462 e. The van der Waals surface area contributed by atoms with E-state index < -0.39 is 0 Å². The zero-order valence-electron chi connectivity index (χ0n) is 14.2. The van der Waals surface area contributed by atoms with Crippen LogP contribution >= 0.6 is 0 Å². The van der Waals surface area contributed by atoms with E-state index >= 15 is 0 Å². The molecule has 5 rings (SSSR count). The highest BCUT2D eigenvalue weighted by atomic mass is 16.5. The van der Waals surface area contributed by atoms with Gasteiger partial charge in [0.05, 0.1) is 18.9 Å². The summed E-state index contributed by atoms with van der Waals surface area (Å²) in [5, 5.41) is 7.78. The molecule has 0 aliphatic carbocycles. The van der Waals surface area contributed by atoms with Gasteiger partial charge >= 0.3 is 0 Å². The summed E-state index contributed by atoms with van der Waals surface area (Å²) in [5.41, 5.74) is 2.57. The molecule has 2 N–H and O–H groups in total. The van der Waals surface area contributed by atoms with Gasteiger partial charge in [-0.1, -0.05) is 0 Å². The molecule has 25 heavy (non-hydrogen) atoms. The molecule has 3 atom stereocenters. The Morgan fingerprint density at radius 2 is 2.12 bits per heavy atom. The quantitative estimate of drug-likeness (QED) is 0.892. The number of amides is 1. The highest BCUT2D eigenvalue weighted by Crippen LogP contribution is 2.31. The second kappa shape index (κ2) is 6.04. The molecule has 6 nitrogen and oxygen atoms in total. The Hall–Kier alpha value is -2.05. The monoisotopic (exact) mass is 341 g/mol. The molecule has 0 saturated carbocycles. The molecule has 1 aromatic carbocycles. The highest BCUT2D eigenvalue weighted by molar-refractivity contribution is 6.01. The highest BCUT2D eigenvalue weighted by Gasteiger charge is 2.39. The average Bonchev–Trinajstić information content (AvgIpc) is 3.37. The smallest absolute Gasteiger partial charge is 0.251 e. The number of hydrogen-bond acceptors (Lipinski definition) is 5. The van der Waals surface area contributed by atoms with Crippen molar-refractivity contribution < 1.29 is 13.9 Å². The van der Waals surface area contributed by atoms with Crippen LogP contribution in [0.3, 0.4) is 0 Å². The van der Waals surface area contributed by atoms with Gasteiger partial charge in [-0.15, -0.1) is 0 Å². The topological polar surface area (TPSA) is 66.7 Å². The fraction of sp³-hybridized carbons (Fsp3) is 0.526. The van der Waals surface area contributed by atoms with Crippen molar-refractivity contribution in [1.82, 2.24) is 10.6 Å². The molecular weight excluding hydrogens is 318 g/mol. The van der Waals surface area contributed by atoms with Gasteiger partial charge in [-0.3, -0.25) is 4.79 Å². The Morgan fingerprint density at radius 1 is 1.24 bits per heavy atom. The lowest BCUT2D eigenvalue weighted by Gasteiger charge is -2.27. The first-order valence-corrected chi connectivity index (χ1v) is 9.19. The van der Waals surface area contributed by atoms with Crippen molar-refractivity contribution >= 4 is 22.6 Å². The van der Waals surface area contributed by atoms with Gasteiger partial charge in [0.1, 0.15) is 11.8 Å². The Bertz CT molecular complexity index is 796. The van der Waals surface area contributed by atoms with Crippen molar-refractivity contribution in [1.29, 1.82) is 0 Å². The van der Waals surface area contributed by atoms with Gasteiger partial charge in [0.15, 0.2) is 0 Å². The molecule has 3 fully saturated rings. The largest absolute Gasteiger partial charge is 0.462 e. The minimum absolute atomic E-state index is 0.00961. The predicted molar refractivity (Wildman–Crippen MR) is 95.1 cm³/mol. The molecular formula is C19H23N3O3. The number of ether oxygens (including phenoxy) is 1. The summed E-state index contributed by atoms with van der Waals surface area (Å²) in [6.45, 7) is 3.15. The Kier molecular flexibility index (Phi) is 3.68. The van der Waals surface area contributed by atoms with Crippen LogP contribution in [0.15, 0.2) is 28.9 Å². The van der Waals surface area contributed by atoms with E-state index in [-0.39, 0.29) is 11.9 Å². The third-order valence-corrected chi connectivity index (χ3v) is 5.78. The maximum absolute atomic E-state index is 12.7. The van der Waals surface area contributed by atoms with E-state index in [2.05, 4.69) is 15.5 Å². The maximum Gasteiger partial charge on any atom is 0.251 e. The van der Waals surface area contributed by atoms with Gasteiger partial charge in [-0.2, -0.15) is 0 Å². The number of nitrogens with one attached hydrogen (secondary N) is 2. The van der Waals surface area contributed by atoms with Crippen LogP contribution < -0.4 is 15.5 Å². The molecule has 1 aromatic heterocycles. The van der Waals surface area contributed by atoms with E-state index in [0.29, 0.717) is 17.6 Å². The van der Waals surface area contributed by atoms with Crippen LogP contribution in [0.1, 0.15) is 29.6 Å². The number of rotatable bonds is 3. The summed E-state index contributed by atoms with van der Waals surface area (Å²) in [7, 11) is 0. The summed E-state index contributed by atoms with van der Waals surface area (Å²) < 4.78 is 11.1. The van der Waals surface area contributed by atoms with Crippen molar-refractivity contribution in [3.8, 4) is 0 Å². The average molecular weight is 341 g/mol. The summed E-state index contributed by atoms with van der Waals surface area (Å²) in [5.74, 6) is 0.00961. The van der Waals surface area contributed by atoms with E-state index in [9.17, 15) is 4.79 Å². The van der Waals surface area contributed by atoms with Gasteiger partial charge in [0.25, 0.3) is 5.91 Å². The molecule has 3 aliphatic rings. The van der Waals surface area contributed by atoms with Gasteiger partial charge in [0.2, 0.25) is 0 Å². The summed E-state index contributed by atoms with van der Waals surface area (Å²) in [6.07, 6.45) is 5.24. The van der Waals surface area contributed by atoms with E-state index in [1.54, 1.807) is 6.26 Å². The van der Waals surface area contributed by atoms with Crippen molar-refractivity contribution in [2.75, 3.05) is 31.2 Å². The van der Waals surface area contributed by atoms with Crippen molar-refractivity contribution in [2.45, 2.75) is 37.4 Å². The first kappa shape index (κ1) is 15.2. The Labute approximate surface area is 146 Å². The lowest BCUT2D eigenvalue weighted by atomic mass is 9.95. The molecule has 0 spiro atoms. The van der Waals surface area contributed by atoms with Gasteiger partial charge in [-0.25, -0.2) is 0 Å². The number of benzene rings is 1. The van der Waals surface area contributed by atoms with Crippen molar-refractivity contribution in [2.24, 2.45) is 0 Å². The number of furan rings is 1. The number of morpholine rings is 1. The minimum atomic E-state index is 0.00961. The molecule has 0 radical (unpaired) electrons. The van der Waals surface area contributed by atoms with Crippen molar-refractivity contribution in [3.63, 3.8) is 0 Å². The fourth-order valence-electron chi connectivity index (χ4n) is 4.44. The summed E-state index contributed by atoms with van der Waals surface area (Å²) in [4.78, 5) is 15.0. The number of fused-ring (bicyclic) bond motifs is 3. The van der Waals surface area contributed by atoms with E-state index in [1.165, 1.54) is 6.42 Å². The molecule has 2 bridgehead atoms. The van der Waals surface area contributed by atoms with E-state index in [0.717, 1.165) is 55.8 Å². The zero-order chi connectivity index (χ0) is 16.8. The van der Waals surface area contributed by atoms with Crippen LogP contribution in [0.25, 0.3) is 11.0 Å². The third-order valence-electron chi connectivity index (χ3n) is 5.78. The Balaban J connectivity index is 1.38. The molecule has 6 heteroatoms. The van der Waals surface area contributed by atoms with Crippen molar-refractivity contribution in [3.05, 3.63) is 30.0 Å². The number of carbonyl (C=O) groups is 1. The van der Waals surface area contributed by atoms with Crippen LogP contribution in [-0.2, 0) is 4.74 Å². The first-order chi connectivity index (χ1) is 12.3. The molecule has 3 aliphatic heterocycles. The standard InChI is InChI=1S/C19H23N3O3/c23-19(21-16-10-13-2-3-15(16)20-13)12-1-4-18-14(9-12)17(11-25-18)22-5-7-24-8-6-22/h1,4,9,11,13,15-16,20H,2-3,5-8,10H2,(H,21,23)/t13-,15+,16-/m1/s1. The van der Waals surface area contributed by atoms with Crippen LogP contribution in [0.4, 0.5) is 5.69 Å². The normalized spacial score (nSPS) is 28.6. The van der Waals surface area contributed by atoms with Crippen LogP contribution in [0.2, 0.25) is 0 Å². The zero-order valence-corrected chi connectivity index (χ0v) is 14.2. The molecule has 132 valence electrons. The summed E-state index contributed by atoms with van der Waals surface area (Å²) in [6, 6.07) is 6.98. The third kappa shape index (κ3) is 2.69. The van der Waals surface area contributed by atoms with Crippen LogP contribution in [0, 0.1) is 0 Å². The molecule has 0 unspecified atom stereocenters. The summed E-state index contributed by atoms with van der Waals surface area (Å²) >= 11 is 0. The van der Waals surface area contributed by atoms with Gasteiger partial charge in [-0.05, 0) is 37.5 Å². The molecule has 4 heterocycles. The van der Waals surface area contributed by atoms with E-state index in [4.69, 9.17) is 9.15 Å². The van der Waals surface area contributed by atoms with Gasteiger partial charge in [0, 0.05) is 42.2 Å². The molecule has 3 saturated heterocycles. The number of anilines is 1. The second-order valence-corrected chi connectivity index (χ2v) is 7.29.